The third-order valence-electron chi connectivity index (χ3n) is 5.33. The van der Waals surface area contributed by atoms with Crippen LogP contribution in [0.5, 0.6) is 0 Å². The molecule has 1 aromatic rings. The van der Waals surface area contributed by atoms with Gasteiger partial charge in [-0.3, -0.25) is 4.79 Å². The van der Waals surface area contributed by atoms with Gasteiger partial charge in [0.15, 0.2) is 5.76 Å². The predicted molar refractivity (Wildman–Crippen MR) is 85.7 cm³/mol. The predicted octanol–water partition coefficient (Wildman–Crippen LogP) is 3.73. The molecule has 1 aromatic heterocycles. The van der Waals surface area contributed by atoms with Gasteiger partial charge < -0.3 is 14.4 Å². The fraction of sp³-hybridized carbons (Fsp3) is 0.667. The van der Waals surface area contributed by atoms with Crippen molar-refractivity contribution >= 4 is 11.9 Å². The molecule has 0 spiro atoms. The molecule has 23 heavy (non-hydrogen) atoms. The number of hydrogen-bond donors (Lipinski definition) is 1. The minimum absolute atomic E-state index is 0.115. The third kappa shape index (κ3) is 3.14. The van der Waals surface area contributed by atoms with E-state index >= 15 is 0 Å². The van der Waals surface area contributed by atoms with Crippen LogP contribution in [-0.2, 0) is 6.42 Å². The Morgan fingerprint density at radius 3 is 2.57 bits per heavy atom. The zero-order chi connectivity index (χ0) is 16.4. The lowest BCUT2D eigenvalue weighted by Crippen LogP contribution is -2.40. The SMILES string of the molecule is CCc1oc(C(=O)N2CCCC2C2CCCCC2)cc1C(=O)O. The zero-order valence-corrected chi connectivity index (χ0v) is 13.7. The van der Waals surface area contributed by atoms with Gasteiger partial charge in [0.1, 0.15) is 11.3 Å². The average molecular weight is 319 g/mol. The standard InChI is InChI=1S/C18H25NO4/c1-2-15-13(18(21)22)11-16(23-15)17(20)19-10-6-9-14(19)12-7-4-3-5-8-12/h11-12,14H,2-10H2,1H3,(H,21,22). The molecule has 1 N–H and O–H groups in total. The van der Waals surface area contributed by atoms with Gasteiger partial charge in [0, 0.05) is 25.1 Å². The van der Waals surface area contributed by atoms with Crippen LogP contribution in [0.4, 0.5) is 0 Å². The molecule has 1 atom stereocenters. The smallest absolute Gasteiger partial charge is 0.339 e. The summed E-state index contributed by atoms with van der Waals surface area (Å²) in [6.07, 6.45) is 8.78. The van der Waals surface area contributed by atoms with Crippen molar-refractivity contribution in [1.29, 1.82) is 0 Å². The molecule has 3 rings (SSSR count). The number of aromatic carboxylic acids is 1. The molecule has 2 fully saturated rings. The van der Waals surface area contributed by atoms with E-state index in [1.165, 1.54) is 38.2 Å². The van der Waals surface area contributed by atoms with Crippen molar-refractivity contribution in [3.05, 3.63) is 23.2 Å². The largest absolute Gasteiger partial charge is 0.478 e. The molecule has 126 valence electrons. The third-order valence-corrected chi connectivity index (χ3v) is 5.33. The Morgan fingerprint density at radius 1 is 1.22 bits per heavy atom. The second kappa shape index (κ2) is 6.77. The van der Waals surface area contributed by atoms with E-state index in [1.54, 1.807) is 0 Å². The molecule has 5 nitrogen and oxygen atoms in total. The number of nitrogens with zero attached hydrogens (tertiary/aromatic N) is 1. The van der Waals surface area contributed by atoms with E-state index in [0.29, 0.717) is 24.1 Å². The van der Waals surface area contributed by atoms with Crippen LogP contribution in [-0.4, -0.2) is 34.5 Å². The Balaban J connectivity index is 1.80. The summed E-state index contributed by atoms with van der Waals surface area (Å²) in [6, 6.07) is 1.70. The van der Waals surface area contributed by atoms with E-state index in [4.69, 9.17) is 4.42 Å². The summed E-state index contributed by atoms with van der Waals surface area (Å²) in [7, 11) is 0. The molecule has 1 aliphatic heterocycles. The molecular formula is C18H25NO4. The van der Waals surface area contributed by atoms with Crippen molar-refractivity contribution in [2.24, 2.45) is 5.92 Å². The first kappa shape index (κ1) is 16.1. The van der Waals surface area contributed by atoms with Gasteiger partial charge in [0.05, 0.1) is 0 Å². The van der Waals surface area contributed by atoms with E-state index in [-0.39, 0.29) is 17.2 Å². The highest BCUT2D eigenvalue weighted by atomic mass is 16.4. The first-order valence-electron chi connectivity index (χ1n) is 8.78. The van der Waals surface area contributed by atoms with Crippen molar-refractivity contribution in [2.75, 3.05) is 6.54 Å². The monoisotopic (exact) mass is 319 g/mol. The van der Waals surface area contributed by atoms with Gasteiger partial charge >= 0.3 is 5.97 Å². The van der Waals surface area contributed by atoms with Crippen LogP contribution in [0, 0.1) is 5.92 Å². The maximum atomic E-state index is 12.8. The second-order valence-corrected chi connectivity index (χ2v) is 6.71. The summed E-state index contributed by atoms with van der Waals surface area (Å²) in [5.41, 5.74) is 0.115. The van der Waals surface area contributed by atoms with Crippen molar-refractivity contribution < 1.29 is 19.1 Å². The van der Waals surface area contributed by atoms with Gasteiger partial charge in [-0.25, -0.2) is 4.79 Å². The maximum absolute atomic E-state index is 12.8. The van der Waals surface area contributed by atoms with E-state index in [0.717, 1.165) is 19.4 Å². The number of likely N-dealkylation sites (tertiary alicyclic amines) is 1. The van der Waals surface area contributed by atoms with Crippen molar-refractivity contribution in [3.63, 3.8) is 0 Å². The molecule has 2 heterocycles. The number of carbonyl (C=O) groups excluding carboxylic acids is 1. The molecule has 1 aliphatic carbocycles. The van der Waals surface area contributed by atoms with Crippen LogP contribution in [0.3, 0.4) is 0 Å². The molecule has 2 aliphatic rings. The summed E-state index contributed by atoms with van der Waals surface area (Å²) < 4.78 is 5.56. The second-order valence-electron chi connectivity index (χ2n) is 6.71. The van der Waals surface area contributed by atoms with Crippen molar-refractivity contribution in [1.82, 2.24) is 4.90 Å². The minimum atomic E-state index is -1.03. The maximum Gasteiger partial charge on any atom is 0.339 e. The van der Waals surface area contributed by atoms with Crippen molar-refractivity contribution in [3.8, 4) is 0 Å². The summed E-state index contributed by atoms with van der Waals surface area (Å²) in [6.45, 7) is 2.59. The summed E-state index contributed by atoms with van der Waals surface area (Å²) in [5, 5.41) is 9.23. The van der Waals surface area contributed by atoms with Gasteiger partial charge in [0.25, 0.3) is 5.91 Å². The molecule has 0 radical (unpaired) electrons. The van der Waals surface area contributed by atoms with Gasteiger partial charge in [-0.1, -0.05) is 26.2 Å². The Bertz CT molecular complexity index is 586. The number of carbonyl (C=O) groups is 2. The summed E-state index contributed by atoms with van der Waals surface area (Å²) in [4.78, 5) is 26.0. The van der Waals surface area contributed by atoms with Crippen LogP contribution in [0.1, 0.15) is 78.5 Å². The molecule has 0 aromatic carbocycles. The average Bonchev–Trinajstić information content (AvgIpc) is 3.22. The molecule has 5 heteroatoms. The lowest BCUT2D eigenvalue weighted by molar-refractivity contribution is 0.0626. The number of aryl methyl sites for hydroxylation is 1. The van der Waals surface area contributed by atoms with Crippen LogP contribution >= 0.6 is 0 Å². The molecular weight excluding hydrogens is 294 g/mol. The highest BCUT2D eigenvalue weighted by Crippen LogP contribution is 2.35. The van der Waals surface area contributed by atoms with Crippen LogP contribution in [0.2, 0.25) is 0 Å². The quantitative estimate of drug-likeness (QED) is 0.918. The Labute approximate surface area is 136 Å². The molecule has 0 bridgehead atoms. The molecule has 1 unspecified atom stereocenters. The minimum Gasteiger partial charge on any atom is -0.478 e. The first-order chi connectivity index (χ1) is 11.1. The van der Waals surface area contributed by atoms with E-state index < -0.39 is 5.97 Å². The van der Waals surface area contributed by atoms with Gasteiger partial charge in [-0.2, -0.15) is 0 Å². The fourth-order valence-corrected chi connectivity index (χ4v) is 4.17. The van der Waals surface area contributed by atoms with E-state index in [2.05, 4.69) is 0 Å². The molecule has 1 amide bonds. The van der Waals surface area contributed by atoms with E-state index in [9.17, 15) is 14.7 Å². The molecule has 1 saturated carbocycles. The zero-order valence-electron chi connectivity index (χ0n) is 13.7. The molecule has 1 saturated heterocycles. The van der Waals surface area contributed by atoms with Gasteiger partial charge in [-0.05, 0) is 31.6 Å². The van der Waals surface area contributed by atoms with Crippen molar-refractivity contribution in [2.45, 2.75) is 64.3 Å². The summed E-state index contributed by atoms with van der Waals surface area (Å²) in [5.74, 6) is -0.0128. The Hall–Kier alpha value is -1.78. The van der Waals surface area contributed by atoms with Gasteiger partial charge in [-0.15, -0.1) is 0 Å². The summed E-state index contributed by atoms with van der Waals surface area (Å²) >= 11 is 0. The van der Waals surface area contributed by atoms with Crippen LogP contribution in [0.25, 0.3) is 0 Å². The first-order valence-corrected chi connectivity index (χ1v) is 8.78. The number of carboxylic acid groups (broad SMARTS) is 1. The highest BCUT2D eigenvalue weighted by molar-refractivity contribution is 5.96. The lowest BCUT2D eigenvalue weighted by atomic mass is 9.83. The van der Waals surface area contributed by atoms with Crippen LogP contribution in [0.15, 0.2) is 10.5 Å². The Kier molecular flexibility index (Phi) is 4.74. The lowest BCUT2D eigenvalue weighted by Gasteiger charge is -2.33. The highest BCUT2D eigenvalue weighted by Gasteiger charge is 2.37. The van der Waals surface area contributed by atoms with Crippen LogP contribution < -0.4 is 0 Å². The number of furan rings is 1. The Morgan fingerprint density at radius 2 is 1.96 bits per heavy atom. The number of rotatable bonds is 4. The topological polar surface area (TPSA) is 70.8 Å². The number of carboxylic acids is 1. The number of amides is 1. The van der Waals surface area contributed by atoms with E-state index in [1.807, 2.05) is 11.8 Å². The number of hydrogen-bond acceptors (Lipinski definition) is 3. The van der Waals surface area contributed by atoms with Gasteiger partial charge in [0.2, 0.25) is 0 Å². The normalized spacial score (nSPS) is 22.5. The fourth-order valence-electron chi connectivity index (χ4n) is 4.17.